The Balaban J connectivity index is 2.45. The molecule has 0 aliphatic heterocycles. The van der Waals surface area contributed by atoms with Crippen LogP contribution in [0.25, 0.3) is 11.4 Å². The molecule has 1 atom stereocenters. The molecule has 2 rings (SSSR count). The number of benzene rings is 1. The summed E-state index contributed by atoms with van der Waals surface area (Å²) < 4.78 is 0. The Labute approximate surface area is 121 Å². The van der Waals surface area contributed by atoms with Crippen molar-refractivity contribution < 1.29 is 0 Å². The predicted molar refractivity (Wildman–Crippen MR) is 84.0 cm³/mol. The lowest BCUT2D eigenvalue weighted by atomic mass is 9.97. The van der Waals surface area contributed by atoms with Crippen LogP contribution in [0.5, 0.6) is 0 Å². The van der Waals surface area contributed by atoms with E-state index in [2.05, 4.69) is 57.3 Å². The molecule has 2 aromatic rings. The molecular weight excluding hydrogens is 246 g/mol. The topological polar surface area (TPSA) is 37.8 Å². The average Bonchev–Trinajstić information content (AvgIpc) is 2.38. The minimum Gasteiger partial charge on any atom is -0.319 e. The molecule has 0 radical (unpaired) electrons. The third-order valence-corrected chi connectivity index (χ3v) is 3.61. The lowest BCUT2D eigenvalue weighted by Crippen LogP contribution is -2.17. The van der Waals surface area contributed by atoms with Crippen molar-refractivity contribution >= 4 is 0 Å². The molecule has 0 aliphatic carbocycles. The molecule has 0 fully saturated rings. The predicted octanol–water partition coefficient (Wildman–Crippen LogP) is 3.39. The molecular formula is C17H23N3. The van der Waals surface area contributed by atoms with Gasteiger partial charge in [-0.15, -0.1) is 0 Å². The fourth-order valence-electron chi connectivity index (χ4n) is 2.76. The normalized spacial score (nSPS) is 12.4. The zero-order valence-electron chi connectivity index (χ0n) is 13.0. The van der Waals surface area contributed by atoms with Crippen molar-refractivity contribution in [1.29, 1.82) is 0 Å². The van der Waals surface area contributed by atoms with E-state index in [4.69, 9.17) is 9.97 Å². The maximum atomic E-state index is 4.71. The Kier molecular flexibility index (Phi) is 4.50. The molecule has 0 bridgehead atoms. The SMILES string of the molecule is CNCC(C)c1c(C)nc(-c2cccc(C)c2)nc1C. The molecule has 3 heteroatoms. The Morgan fingerprint density at radius 3 is 2.30 bits per heavy atom. The van der Waals surface area contributed by atoms with E-state index in [9.17, 15) is 0 Å². The van der Waals surface area contributed by atoms with Gasteiger partial charge >= 0.3 is 0 Å². The first kappa shape index (κ1) is 14.7. The number of hydrogen-bond donors (Lipinski definition) is 1. The van der Waals surface area contributed by atoms with E-state index in [0.29, 0.717) is 5.92 Å². The highest BCUT2D eigenvalue weighted by Gasteiger charge is 2.15. The van der Waals surface area contributed by atoms with Gasteiger partial charge in [-0.3, -0.25) is 0 Å². The van der Waals surface area contributed by atoms with E-state index in [-0.39, 0.29) is 0 Å². The molecule has 106 valence electrons. The molecule has 3 nitrogen and oxygen atoms in total. The first-order valence-electron chi connectivity index (χ1n) is 7.09. The first-order valence-corrected chi connectivity index (χ1v) is 7.09. The fraction of sp³-hybridized carbons (Fsp3) is 0.412. The molecule has 20 heavy (non-hydrogen) atoms. The van der Waals surface area contributed by atoms with Gasteiger partial charge in [0.1, 0.15) is 0 Å². The lowest BCUT2D eigenvalue weighted by molar-refractivity contribution is 0.663. The Bertz CT molecular complexity index is 582. The van der Waals surface area contributed by atoms with Crippen LogP contribution < -0.4 is 5.32 Å². The van der Waals surface area contributed by atoms with Gasteiger partial charge in [0, 0.05) is 23.5 Å². The third kappa shape index (κ3) is 3.05. The second kappa shape index (κ2) is 6.14. The Morgan fingerprint density at radius 1 is 1.10 bits per heavy atom. The number of likely N-dealkylation sites (N-methyl/N-ethyl adjacent to an activating group) is 1. The highest BCUT2D eigenvalue weighted by Crippen LogP contribution is 2.24. The summed E-state index contributed by atoms with van der Waals surface area (Å²) in [5.74, 6) is 1.25. The van der Waals surface area contributed by atoms with E-state index in [1.165, 1.54) is 11.1 Å². The standard InChI is InChI=1S/C17H23N3/c1-11-7-6-8-15(9-11)17-19-13(3)16(14(4)20-17)12(2)10-18-5/h6-9,12,18H,10H2,1-5H3. The van der Waals surface area contributed by atoms with Gasteiger partial charge in [0.25, 0.3) is 0 Å². The number of aryl methyl sites for hydroxylation is 3. The van der Waals surface area contributed by atoms with E-state index in [1.807, 2.05) is 7.05 Å². The van der Waals surface area contributed by atoms with Crippen molar-refractivity contribution in [1.82, 2.24) is 15.3 Å². The van der Waals surface area contributed by atoms with Gasteiger partial charge in [-0.2, -0.15) is 0 Å². The summed E-state index contributed by atoms with van der Waals surface area (Å²) in [6.45, 7) is 9.40. The highest BCUT2D eigenvalue weighted by molar-refractivity contribution is 5.57. The number of hydrogen-bond acceptors (Lipinski definition) is 3. The van der Waals surface area contributed by atoms with Crippen LogP contribution in [0.2, 0.25) is 0 Å². The average molecular weight is 269 g/mol. The van der Waals surface area contributed by atoms with Crippen molar-refractivity contribution in [2.24, 2.45) is 0 Å². The third-order valence-electron chi connectivity index (χ3n) is 3.61. The molecule has 0 spiro atoms. The monoisotopic (exact) mass is 269 g/mol. The fourth-order valence-corrected chi connectivity index (χ4v) is 2.76. The van der Waals surface area contributed by atoms with Gasteiger partial charge in [0.2, 0.25) is 0 Å². The Hall–Kier alpha value is -1.74. The summed E-state index contributed by atoms with van der Waals surface area (Å²) in [7, 11) is 1.98. The minimum atomic E-state index is 0.423. The van der Waals surface area contributed by atoms with Crippen LogP contribution in [0, 0.1) is 20.8 Å². The molecule has 0 saturated heterocycles. The lowest BCUT2D eigenvalue weighted by Gasteiger charge is -2.17. The van der Waals surface area contributed by atoms with Gasteiger partial charge < -0.3 is 5.32 Å². The van der Waals surface area contributed by atoms with Crippen LogP contribution in [-0.4, -0.2) is 23.6 Å². The van der Waals surface area contributed by atoms with Gasteiger partial charge in [0.05, 0.1) is 0 Å². The van der Waals surface area contributed by atoms with E-state index in [1.54, 1.807) is 0 Å². The molecule has 1 aromatic heterocycles. The molecule has 1 heterocycles. The molecule has 0 amide bonds. The minimum absolute atomic E-state index is 0.423. The van der Waals surface area contributed by atoms with Gasteiger partial charge in [-0.05, 0) is 45.4 Å². The quantitative estimate of drug-likeness (QED) is 0.924. The number of nitrogens with zero attached hydrogens (tertiary/aromatic N) is 2. The molecule has 1 unspecified atom stereocenters. The first-order chi connectivity index (χ1) is 9.52. The van der Waals surface area contributed by atoms with Crippen molar-refractivity contribution in [2.45, 2.75) is 33.6 Å². The van der Waals surface area contributed by atoms with E-state index >= 15 is 0 Å². The Morgan fingerprint density at radius 2 is 1.75 bits per heavy atom. The van der Waals surface area contributed by atoms with Gasteiger partial charge in [-0.25, -0.2) is 9.97 Å². The summed E-state index contributed by atoms with van der Waals surface area (Å²) in [5, 5.41) is 3.22. The van der Waals surface area contributed by atoms with Gasteiger partial charge in [0.15, 0.2) is 5.82 Å². The maximum Gasteiger partial charge on any atom is 0.159 e. The zero-order valence-corrected chi connectivity index (χ0v) is 13.0. The second-order valence-corrected chi connectivity index (χ2v) is 5.46. The maximum absolute atomic E-state index is 4.71. The molecule has 0 aliphatic rings. The van der Waals surface area contributed by atoms with E-state index < -0.39 is 0 Å². The van der Waals surface area contributed by atoms with Crippen LogP contribution in [-0.2, 0) is 0 Å². The summed E-state index contributed by atoms with van der Waals surface area (Å²) in [4.78, 5) is 9.42. The second-order valence-electron chi connectivity index (χ2n) is 5.46. The van der Waals surface area contributed by atoms with Crippen molar-refractivity contribution in [3.05, 3.63) is 46.8 Å². The molecule has 1 aromatic carbocycles. The van der Waals surface area contributed by atoms with Crippen LogP contribution in [0.1, 0.15) is 35.4 Å². The summed E-state index contributed by atoms with van der Waals surface area (Å²) in [5.41, 5.74) is 5.74. The van der Waals surface area contributed by atoms with Crippen LogP contribution >= 0.6 is 0 Å². The zero-order chi connectivity index (χ0) is 14.7. The van der Waals surface area contributed by atoms with E-state index in [0.717, 1.165) is 29.3 Å². The largest absolute Gasteiger partial charge is 0.319 e. The van der Waals surface area contributed by atoms with Crippen molar-refractivity contribution in [3.63, 3.8) is 0 Å². The van der Waals surface area contributed by atoms with Crippen LogP contribution in [0.3, 0.4) is 0 Å². The van der Waals surface area contributed by atoms with Crippen LogP contribution in [0.15, 0.2) is 24.3 Å². The van der Waals surface area contributed by atoms with Crippen molar-refractivity contribution in [3.8, 4) is 11.4 Å². The van der Waals surface area contributed by atoms with Crippen LogP contribution in [0.4, 0.5) is 0 Å². The summed E-state index contributed by atoms with van der Waals surface area (Å²) in [6.07, 6.45) is 0. The number of nitrogens with one attached hydrogen (secondary N) is 1. The number of aromatic nitrogens is 2. The molecule has 1 N–H and O–H groups in total. The highest BCUT2D eigenvalue weighted by atomic mass is 14.9. The number of rotatable bonds is 4. The van der Waals surface area contributed by atoms with Crippen molar-refractivity contribution in [2.75, 3.05) is 13.6 Å². The smallest absolute Gasteiger partial charge is 0.159 e. The van der Waals surface area contributed by atoms with Gasteiger partial charge in [-0.1, -0.05) is 30.7 Å². The summed E-state index contributed by atoms with van der Waals surface area (Å²) >= 11 is 0. The molecule has 0 saturated carbocycles. The summed E-state index contributed by atoms with van der Waals surface area (Å²) in [6, 6.07) is 8.34.